The van der Waals surface area contributed by atoms with E-state index in [0.29, 0.717) is 12.5 Å². The standard InChI is InChI=1S/C24H42FN6O/c1-5-7-17(25)13-29-18(12-16(2)3)21(22(26)27)23(32)30-15-24(4)9-6-11-31(24)19-8-10-28-14-20(19)30/h12-13,15,17-22,28H,5-11,14,26-27H2,1-4H3/q+1/b29-13-. The van der Waals surface area contributed by atoms with Crippen LogP contribution in [0.2, 0.25) is 0 Å². The summed E-state index contributed by atoms with van der Waals surface area (Å²) in [7, 11) is 0. The van der Waals surface area contributed by atoms with E-state index >= 15 is 0 Å². The van der Waals surface area contributed by atoms with Gasteiger partial charge in [0.1, 0.15) is 12.1 Å². The van der Waals surface area contributed by atoms with Gasteiger partial charge in [0.05, 0.1) is 30.3 Å². The molecule has 7 nitrogen and oxygen atoms in total. The maximum Gasteiger partial charge on any atom is 0.395 e. The molecule has 6 unspecified atom stereocenters. The highest BCUT2D eigenvalue weighted by molar-refractivity contribution is 5.80. The van der Waals surface area contributed by atoms with Crippen LogP contribution in [-0.4, -0.2) is 83.4 Å². The second kappa shape index (κ2) is 10.6. The molecule has 3 aliphatic rings. The molecular weight excluding hydrogens is 407 g/mol. The molecule has 3 aliphatic heterocycles. The first-order valence-electron chi connectivity index (χ1n) is 12.2. The summed E-state index contributed by atoms with van der Waals surface area (Å²) in [6.07, 6.45) is 7.57. The van der Waals surface area contributed by atoms with Gasteiger partial charge >= 0.3 is 5.91 Å². The Balaban J connectivity index is 1.97. The number of carbonyl (C=O) groups is 1. The average Bonchev–Trinajstić information content (AvgIpc) is 3.12. The number of carbonyl (C=O) groups excluding carboxylic acids is 1. The normalized spacial score (nSPS) is 31.1. The Bertz CT molecular complexity index is 762. The molecule has 3 heterocycles. The van der Waals surface area contributed by atoms with Gasteiger partial charge in [-0.15, -0.1) is 0 Å². The summed E-state index contributed by atoms with van der Waals surface area (Å²) in [6, 6.07) is -0.244. The number of hydrogen-bond donors (Lipinski definition) is 3. The maximum atomic E-state index is 14.2. The molecule has 0 bridgehead atoms. The van der Waals surface area contributed by atoms with Gasteiger partial charge in [-0.05, 0) is 59.5 Å². The number of nitrogens with two attached hydrogens (primary N) is 2. The van der Waals surface area contributed by atoms with Gasteiger partial charge in [-0.2, -0.15) is 4.58 Å². The zero-order valence-corrected chi connectivity index (χ0v) is 20.1. The van der Waals surface area contributed by atoms with Crippen LogP contribution in [0.25, 0.3) is 0 Å². The van der Waals surface area contributed by atoms with Crippen LogP contribution in [0.15, 0.2) is 16.6 Å². The number of nitrogens with zero attached hydrogens (tertiary/aromatic N) is 3. The molecule has 0 aromatic heterocycles. The first kappa shape index (κ1) is 25.1. The third-order valence-electron chi connectivity index (χ3n) is 7.14. The summed E-state index contributed by atoms with van der Waals surface area (Å²) in [5, 5.41) is 3.45. The number of piperidine rings is 1. The molecule has 0 aromatic carbocycles. The van der Waals surface area contributed by atoms with Crippen molar-refractivity contribution in [1.29, 1.82) is 0 Å². The summed E-state index contributed by atoms with van der Waals surface area (Å²) in [5.41, 5.74) is 13.2. The summed E-state index contributed by atoms with van der Waals surface area (Å²) < 4.78 is 16.1. The van der Waals surface area contributed by atoms with E-state index in [2.05, 4.69) is 28.3 Å². The number of hydrogen-bond acceptors (Lipinski definition) is 6. The van der Waals surface area contributed by atoms with Crippen molar-refractivity contribution in [2.24, 2.45) is 22.4 Å². The number of aliphatic imine (C=N–C) groups is 1. The Morgan fingerprint density at radius 1 is 1.44 bits per heavy atom. The molecule has 0 saturated carbocycles. The minimum absolute atomic E-state index is 0.0361. The highest BCUT2D eigenvalue weighted by Crippen LogP contribution is 2.36. The molecule has 180 valence electrons. The van der Waals surface area contributed by atoms with Crippen molar-refractivity contribution in [3.05, 3.63) is 11.6 Å². The van der Waals surface area contributed by atoms with E-state index in [1.54, 1.807) is 0 Å². The van der Waals surface area contributed by atoms with E-state index in [0.717, 1.165) is 50.9 Å². The van der Waals surface area contributed by atoms with Crippen LogP contribution in [-0.2, 0) is 4.79 Å². The van der Waals surface area contributed by atoms with Gasteiger partial charge in [0, 0.05) is 6.21 Å². The van der Waals surface area contributed by atoms with E-state index in [-0.39, 0.29) is 17.5 Å². The molecule has 2 fully saturated rings. The zero-order valence-electron chi connectivity index (χ0n) is 20.1. The van der Waals surface area contributed by atoms with Crippen LogP contribution in [0, 0.1) is 5.92 Å². The van der Waals surface area contributed by atoms with Crippen LogP contribution < -0.4 is 16.8 Å². The van der Waals surface area contributed by atoms with E-state index in [1.807, 2.05) is 31.4 Å². The lowest BCUT2D eigenvalue weighted by Gasteiger charge is -2.45. The Hall–Kier alpha value is -1.48. The number of halogens is 1. The third kappa shape index (κ3) is 5.35. The largest absolute Gasteiger partial charge is 0.395 e. The van der Waals surface area contributed by atoms with Crippen molar-refractivity contribution in [2.45, 2.75) is 95.8 Å². The molecule has 0 aromatic rings. The van der Waals surface area contributed by atoms with Crippen molar-refractivity contribution in [2.75, 3.05) is 19.6 Å². The quantitative estimate of drug-likeness (QED) is 0.226. The van der Waals surface area contributed by atoms with Gasteiger partial charge in [0.15, 0.2) is 12.3 Å². The SMILES string of the molecule is CCCC(F)/C=N\C(C=C(C)C)C(C(=O)[N+]1=CC2(C)CCCN2C2CCNCC21)C(N)N. The van der Waals surface area contributed by atoms with E-state index in [1.165, 1.54) is 6.21 Å². The second-order valence-electron chi connectivity index (χ2n) is 10.1. The lowest BCUT2D eigenvalue weighted by molar-refractivity contribution is -0.508. The first-order chi connectivity index (χ1) is 15.2. The summed E-state index contributed by atoms with van der Waals surface area (Å²) in [6.45, 7) is 10.8. The molecule has 2 saturated heterocycles. The number of nitrogens with one attached hydrogen (secondary N) is 1. The minimum atomic E-state index is -1.14. The van der Waals surface area contributed by atoms with Crippen LogP contribution in [0.5, 0.6) is 0 Å². The van der Waals surface area contributed by atoms with Crippen LogP contribution in [0.1, 0.15) is 59.8 Å². The van der Waals surface area contributed by atoms with Crippen LogP contribution >= 0.6 is 0 Å². The molecule has 0 spiro atoms. The van der Waals surface area contributed by atoms with Crippen molar-refractivity contribution in [3.63, 3.8) is 0 Å². The number of allylic oxidation sites excluding steroid dienone is 1. The summed E-state index contributed by atoms with van der Waals surface area (Å²) in [4.78, 5) is 21.1. The Kier molecular flexibility index (Phi) is 8.36. The van der Waals surface area contributed by atoms with E-state index in [9.17, 15) is 9.18 Å². The fraction of sp³-hybridized carbons (Fsp3) is 0.792. The second-order valence-corrected chi connectivity index (χ2v) is 10.1. The summed E-state index contributed by atoms with van der Waals surface area (Å²) >= 11 is 0. The Morgan fingerprint density at radius 2 is 2.19 bits per heavy atom. The monoisotopic (exact) mass is 449 g/mol. The maximum absolute atomic E-state index is 14.2. The molecule has 1 amide bonds. The van der Waals surface area contributed by atoms with Gasteiger partial charge in [-0.3, -0.25) is 9.89 Å². The molecule has 8 heteroatoms. The van der Waals surface area contributed by atoms with Gasteiger partial charge in [-0.25, -0.2) is 9.18 Å². The van der Waals surface area contributed by atoms with Crippen molar-refractivity contribution >= 4 is 18.3 Å². The number of alkyl halides is 1. The Morgan fingerprint density at radius 3 is 2.84 bits per heavy atom. The molecule has 5 N–H and O–H groups in total. The molecule has 0 aliphatic carbocycles. The average molecular weight is 450 g/mol. The minimum Gasteiger partial charge on any atom is -0.315 e. The molecule has 3 rings (SSSR count). The number of rotatable bonds is 8. The molecule has 6 atom stereocenters. The van der Waals surface area contributed by atoms with Gasteiger partial charge in [0.25, 0.3) is 0 Å². The molecular formula is C24H42FN6O+. The number of amides is 1. The molecule has 32 heavy (non-hydrogen) atoms. The lowest BCUT2D eigenvalue weighted by atomic mass is 9.87. The number of fused-ring (bicyclic) bond motifs is 3. The fourth-order valence-corrected chi connectivity index (χ4v) is 5.62. The van der Waals surface area contributed by atoms with Crippen molar-refractivity contribution in [1.82, 2.24) is 10.2 Å². The van der Waals surface area contributed by atoms with Crippen LogP contribution in [0.3, 0.4) is 0 Å². The zero-order chi connectivity index (χ0) is 23.5. The fourth-order valence-electron chi connectivity index (χ4n) is 5.62. The third-order valence-corrected chi connectivity index (χ3v) is 7.14. The summed E-state index contributed by atoms with van der Waals surface area (Å²) in [5.74, 6) is -0.873. The first-order valence-corrected chi connectivity index (χ1v) is 12.2. The van der Waals surface area contributed by atoms with Gasteiger partial charge < -0.3 is 16.8 Å². The lowest BCUT2D eigenvalue weighted by Crippen LogP contribution is -2.68. The van der Waals surface area contributed by atoms with E-state index < -0.39 is 24.3 Å². The highest BCUT2D eigenvalue weighted by Gasteiger charge is 2.55. The Labute approximate surface area is 192 Å². The predicted molar refractivity (Wildman–Crippen MR) is 128 cm³/mol. The molecule has 0 radical (unpaired) electrons. The highest BCUT2D eigenvalue weighted by atomic mass is 19.1. The van der Waals surface area contributed by atoms with Crippen molar-refractivity contribution < 1.29 is 13.8 Å². The van der Waals surface area contributed by atoms with Gasteiger partial charge in [-0.1, -0.05) is 25.0 Å². The topological polar surface area (TPSA) is 99.8 Å². The van der Waals surface area contributed by atoms with Gasteiger partial charge in [0.2, 0.25) is 0 Å². The van der Waals surface area contributed by atoms with E-state index in [4.69, 9.17) is 11.5 Å². The predicted octanol–water partition coefficient (Wildman–Crippen LogP) is 1.60. The van der Waals surface area contributed by atoms with Crippen molar-refractivity contribution in [3.8, 4) is 0 Å². The van der Waals surface area contributed by atoms with Crippen LogP contribution in [0.4, 0.5) is 4.39 Å². The smallest absolute Gasteiger partial charge is 0.315 e.